The molecule has 160 valence electrons. The first-order valence-corrected chi connectivity index (χ1v) is 11.0. The van der Waals surface area contributed by atoms with Crippen LogP contribution in [0.2, 0.25) is 5.02 Å². The van der Waals surface area contributed by atoms with Crippen molar-refractivity contribution in [2.24, 2.45) is 0 Å². The molecule has 3 aromatic carbocycles. The quantitative estimate of drug-likeness (QED) is 0.361. The lowest BCUT2D eigenvalue weighted by Crippen LogP contribution is -2.37. The molecule has 0 aliphatic carbocycles. The summed E-state index contributed by atoms with van der Waals surface area (Å²) in [7, 11) is 0. The molecule has 1 aromatic heterocycles. The van der Waals surface area contributed by atoms with Gasteiger partial charge in [0.05, 0.1) is 18.3 Å². The molecule has 1 N–H and O–H groups in total. The minimum Gasteiger partial charge on any atom is -0.318 e. The van der Waals surface area contributed by atoms with E-state index in [2.05, 4.69) is 48.1 Å². The van der Waals surface area contributed by atoms with Crippen LogP contribution in [0.4, 0.5) is 10.5 Å². The molecule has 1 atom stereocenters. The topological polar surface area (TPSA) is 37.3 Å². The van der Waals surface area contributed by atoms with E-state index in [1.165, 1.54) is 5.56 Å². The third kappa shape index (κ3) is 3.67. The van der Waals surface area contributed by atoms with Crippen LogP contribution >= 0.6 is 11.6 Å². The largest absolute Gasteiger partial charge is 0.322 e. The molecule has 0 bridgehead atoms. The van der Waals surface area contributed by atoms with Crippen LogP contribution in [0.1, 0.15) is 34.0 Å². The summed E-state index contributed by atoms with van der Waals surface area (Å²) in [5.74, 6) is 0. The fraction of sp³-hybridized carbons (Fsp3) is 0.148. The second-order valence-electron chi connectivity index (χ2n) is 8.24. The molecule has 0 saturated heterocycles. The molecular formula is C27H24ClN3O. The lowest BCUT2D eigenvalue weighted by Gasteiger charge is -2.31. The van der Waals surface area contributed by atoms with Gasteiger partial charge in [0.15, 0.2) is 0 Å². The maximum atomic E-state index is 13.7. The van der Waals surface area contributed by atoms with E-state index < -0.39 is 0 Å². The number of urea groups is 1. The summed E-state index contributed by atoms with van der Waals surface area (Å²) in [6, 6.07) is 25.7. The Kier molecular flexibility index (Phi) is 5.24. The maximum absolute atomic E-state index is 13.7. The van der Waals surface area contributed by atoms with Crippen LogP contribution in [0.15, 0.2) is 85.1 Å². The molecule has 0 unspecified atom stereocenters. The van der Waals surface area contributed by atoms with Crippen molar-refractivity contribution < 1.29 is 4.79 Å². The van der Waals surface area contributed by atoms with Crippen molar-refractivity contribution in [3.8, 4) is 5.69 Å². The SMILES string of the molecule is Cc1ccc(NC(=O)N2Cc3ccccc3-n3cccc3[C@H]2c2ccc(Cl)cc2)cc1C. The summed E-state index contributed by atoms with van der Waals surface area (Å²) >= 11 is 6.17. The number of rotatable bonds is 2. The molecule has 0 spiro atoms. The average Bonchev–Trinajstić information content (AvgIpc) is 3.21. The molecule has 1 aliphatic heterocycles. The van der Waals surface area contributed by atoms with Crippen molar-refractivity contribution in [2.45, 2.75) is 26.4 Å². The third-order valence-corrected chi connectivity index (χ3v) is 6.42. The number of benzene rings is 3. The Morgan fingerprint density at radius 3 is 2.50 bits per heavy atom. The molecule has 0 radical (unpaired) electrons. The van der Waals surface area contributed by atoms with Crippen molar-refractivity contribution in [1.29, 1.82) is 0 Å². The molecule has 5 heteroatoms. The van der Waals surface area contributed by atoms with Gasteiger partial charge in [0.2, 0.25) is 0 Å². The monoisotopic (exact) mass is 441 g/mol. The van der Waals surface area contributed by atoms with Crippen LogP contribution in [0.5, 0.6) is 0 Å². The third-order valence-electron chi connectivity index (χ3n) is 6.17. The Hall–Kier alpha value is -3.50. The predicted octanol–water partition coefficient (Wildman–Crippen LogP) is 6.88. The number of amides is 2. The van der Waals surface area contributed by atoms with Crippen LogP contribution in [0, 0.1) is 13.8 Å². The van der Waals surface area contributed by atoms with Gasteiger partial charge in [0.25, 0.3) is 0 Å². The Morgan fingerprint density at radius 1 is 0.938 bits per heavy atom. The Morgan fingerprint density at radius 2 is 1.72 bits per heavy atom. The summed E-state index contributed by atoms with van der Waals surface area (Å²) < 4.78 is 2.18. The molecule has 2 heterocycles. The summed E-state index contributed by atoms with van der Waals surface area (Å²) in [5, 5.41) is 3.80. The smallest absolute Gasteiger partial charge is 0.318 e. The zero-order valence-electron chi connectivity index (χ0n) is 18.0. The van der Waals surface area contributed by atoms with Crippen molar-refractivity contribution in [3.05, 3.63) is 118 Å². The Bertz CT molecular complexity index is 1290. The lowest BCUT2D eigenvalue weighted by atomic mass is 10.0. The van der Waals surface area contributed by atoms with E-state index in [4.69, 9.17) is 11.6 Å². The molecule has 32 heavy (non-hydrogen) atoms. The molecule has 4 nitrogen and oxygen atoms in total. The molecule has 0 saturated carbocycles. The predicted molar refractivity (Wildman–Crippen MR) is 130 cm³/mol. The standard InChI is InChI=1S/C27H24ClN3O/c1-18-9-14-23(16-19(18)2)29-27(32)31-17-21-6-3-4-7-24(21)30-15-5-8-25(30)26(31)20-10-12-22(28)13-11-20/h3-16,26H,17H2,1-2H3,(H,29,32)/t26-/m1/s1. The normalized spacial score (nSPS) is 15.0. The van der Waals surface area contributed by atoms with Gasteiger partial charge in [-0.3, -0.25) is 0 Å². The number of aromatic nitrogens is 1. The van der Waals surface area contributed by atoms with Gasteiger partial charge < -0.3 is 14.8 Å². The summed E-state index contributed by atoms with van der Waals surface area (Å²) in [5.41, 5.74) is 7.37. The molecule has 4 aromatic rings. The van der Waals surface area contributed by atoms with Gasteiger partial charge in [0, 0.05) is 22.6 Å². The van der Waals surface area contributed by atoms with Crippen molar-refractivity contribution in [1.82, 2.24) is 9.47 Å². The van der Waals surface area contributed by atoms with Crippen molar-refractivity contribution >= 4 is 23.3 Å². The van der Waals surface area contributed by atoms with Gasteiger partial charge in [-0.1, -0.05) is 48.0 Å². The first kappa shape index (κ1) is 20.4. The van der Waals surface area contributed by atoms with Crippen molar-refractivity contribution in [2.75, 3.05) is 5.32 Å². The fourth-order valence-electron chi connectivity index (χ4n) is 4.35. The van der Waals surface area contributed by atoms with Crippen LogP contribution in [-0.2, 0) is 6.54 Å². The highest BCUT2D eigenvalue weighted by molar-refractivity contribution is 6.30. The summed E-state index contributed by atoms with van der Waals surface area (Å²) in [4.78, 5) is 15.6. The number of carbonyl (C=O) groups excluding carboxylic acids is 1. The van der Waals surface area contributed by atoms with Gasteiger partial charge in [0.1, 0.15) is 0 Å². The second kappa shape index (κ2) is 8.21. The molecule has 2 amide bonds. The maximum Gasteiger partial charge on any atom is 0.322 e. The van der Waals surface area contributed by atoms with E-state index in [0.29, 0.717) is 11.6 Å². The van der Waals surface area contributed by atoms with Gasteiger partial charge in [-0.25, -0.2) is 4.79 Å². The number of fused-ring (bicyclic) bond motifs is 3. The van der Waals surface area contributed by atoms with Gasteiger partial charge in [-0.2, -0.15) is 0 Å². The number of aryl methyl sites for hydroxylation is 2. The highest BCUT2D eigenvalue weighted by Crippen LogP contribution is 2.37. The number of carbonyl (C=O) groups is 1. The Labute approximate surface area is 193 Å². The van der Waals surface area contributed by atoms with E-state index in [1.807, 2.05) is 65.6 Å². The summed E-state index contributed by atoms with van der Waals surface area (Å²) in [6.45, 7) is 4.61. The van der Waals surface area contributed by atoms with Crippen LogP contribution in [-0.4, -0.2) is 15.5 Å². The minimum atomic E-state index is -0.263. The number of nitrogens with zero attached hydrogens (tertiary/aromatic N) is 2. The number of hydrogen-bond acceptors (Lipinski definition) is 1. The number of para-hydroxylation sites is 1. The first-order chi connectivity index (χ1) is 15.5. The van der Waals surface area contributed by atoms with Crippen LogP contribution in [0.25, 0.3) is 5.69 Å². The van der Waals surface area contributed by atoms with Gasteiger partial charge in [-0.15, -0.1) is 0 Å². The Balaban J connectivity index is 1.61. The highest BCUT2D eigenvalue weighted by atomic mass is 35.5. The number of hydrogen-bond donors (Lipinski definition) is 1. The van der Waals surface area contributed by atoms with E-state index in [9.17, 15) is 4.79 Å². The number of anilines is 1. The van der Waals surface area contributed by atoms with Crippen LogP contribution in [0.3, 0.4) is 0 Å². The highest BCUT2D eigenvalue weighted by Gasteiger charge is 2.33. The number of halogens is 1. The van der Waals surface area contributed by atoms with Crippen molar-refractivity contribution in [3.63, 3.8) is 0 Å². The van der Waals surface area contributed by atoms with Gasteiger partial charge >= 0.3 is 6.03 Å². The van der Waals surface area contributed by atoms with E-state index in [0.717, 1.165) is 33.8 Å². The van der Waals surface area contributed by atoms with E-state index in [1.54, 1.807) is 0 Å². The molecule has 1 aliphatic rings. The van der Waals surface area contributed by atoms with Crippen LogP contribution < -0.4 is 5.32 Å². The zero-order chi connectivity index (χ0) is 22.2. The average molecular weight is 442 g/mol. The molecular weight excluding hydrogens is 418 g/mol. The first-order valence-electron chi connectivity index (χ1n) is 10.7. The van der Waals surface area contributed by atoms with Gasteiger partial charge in [-0.05, 0) is 78.6 Å². The van der Waals surface area contributed by atoms with E-state index >= 15 is 0 Å². The second-order valence-corrected chi connectivity index (χ2v) is 8.68. The number of nitrogens with one attached hydrogen (secondary N) is 1. The zero-order valence-corrected chi connectivity index (χ0v) is 18.8. The molecule has 0 fully saturated rings. The fourth-order valence-corrected chi connectivity index (χ4v) is 4.48. The lowest BCUT2D eigenvalue weighted by molar-refractivity contribution is 0.194. The summed E-state index contributed by atoms with van der Waals surface area (Å²) in [6.07, 6.45) is 2.06. The van der Waals surface area contributed by atoms with E-state index in [-0.39, 0.29) is 12.1 Å². The minimum absolute atomic E-state index is 0.141. The molecule has 5 rings (SSSR count).